The van der Waals surface area contributed by atoms with Crippen molar-refractivity contribution >= 4 is 42.5 Å². The molecule has 0 saturated heterocycles. The third-order valence-electron chi connectivity index (χ3n) is 6.62. The number of rotatable bonds is 9. The largest absolute Gasteiger partial charge is 0.362 e. The molecule has 1 saturated carbocycles. The van der Waals surface area contributed by atoms with Gasteiger partial charge < -0.3 is 10.2 Å². The fourth-order valence-corrected chi connectivity index (χ4v) is 7.38. The zero-order valence-corrected chi connectivity index (χ0v) is 22.4. The number of hydrogen-bond donors (Lipinski definition) is 2. The van der Waals surface area contributed by atoms with Gasteiger partial charge in [-0.15, -0.1) is 0 Å². The number of benzene rings is 2. The van der Waals surface area contributed by atoms with Crippen molar-refractivity contribution in [3.05, 3.63) is 48.5 Å². The fraction of sp³-hybridized carbons (Fsp3) is 0.440. The molecule has 2 aromatic carbocycles. The van der Waals surface area contributed by atoms with Gasteiger partial charge in [0, 0.05) is 38.8 Å². The van der Waals surface area contributed by atoms with Gasteiger partial charge in [0.25, 0.3) is 0 Å². The molecule has 0 radical (unpaired) electrons. The van der Waals surface area contributed by atoms with Gasteiger partial charge in [-0.1, -0.05) is 24.3 Å². The molecule has 11 heteroatoms. The number of nitrogens with one attached hydrogen (secondary N) is 2. The molecule has 0 atom stereocenters. The molecule has 0 aliphatic heterocycles. The lowest BCUT2D eigenvalue weighted by molar-refractivity contribution is 0.284. The predicted octanol–water partition coefficient (Wildman–Crippen LogP) is 3.30. The molecule has 0 unspecified atom stereocenters. The van der Waals surface area contributed by atoms with Gasteiger partial charge in [-0.05, 0) is 61.8 Å². The van der Waals surface area contributed by atoms with Crippen molar-refractivity contribution in [1.29, 1.82) is 0 Å². The smallest absolute Gasteiger partial charge is 0.241 e. The predicted molar refractivity (Wildman–Crippen MR) is 143 cm³/mol. The van der Waals surface area contributed by atoms with Crippen LogP contribution in [0, 0.1) is 11.8 Å². The Morgan fingerprint density at radius 3 is 2.06 bits per heavy atom. The van der Waals surface area contributed by atoms with Crippen LogP contribution >= 0.6 is 0 Å². The van der Waals surface area contributed by atoms with Crippen molar-refractivity contribution in [2.75, 3.05) is 43.7 Å². The van der Waals surface area contributed by atoms with Crippen molar-refractivity contribution < 1.29 is 16.8 Å². The Kier molecular flexibility index (Phi) is 7.82. The minimum absolute atomic E-state index is 0.180. The molecule has 0 bridgehead atoms. The Labute approximate surface area is 213 Å². The van der Waals surface area contributed by atoms with Gasteiger partial charge >= 0.3 is 0 Å². The summed E-state index contributed by atoms with van der Waals surface area (Å²) in [4.78, 5) is 11.0. The minimum atomic E-state index is -3.92. The van der Waals surface area contributed by atoms with Crippen LogP contribution in [-0.4, -0.2) is 60.2 Å². The highest BCUT2D eigenvalue weighted by atomic mass is 32.2. The maximum Gasteiger partial charge on any atom is 0.241 e. The summed E-state index contributed by atoms with van der Waals surface area (Å²) in [6.45, 7) is 1.05. The minimum Gasteiger partial charge on any atom is -0.362 e. The van der Waals surface area contributed by atoms with E-state index in [1.54, 1.807) is 0 Å². The molecule has 3 aromatic rings. The molecule has 36 heavy (non-hydrogen) atoms. The van der Waals surface area contributed by atoms with Gasteiger partial charge in [-0.3, -0.25) is 0 Å². The van der Waals surface area contributed by atoms with E-state index in [0.29, 0.717) is 18.4 Å². The average molecular weight is 532 g/mol. The molecule has 9 nitrogen and oxygen atoms in total. The van der Waals surface area contributed by atoms with E-state index in [4.69, 9.17) is 4.98 Å². The van der Waals surface area contributed by atoms with Gasteiger partial charge in [-0.2, -0.15) is 4.98 Å². The van der Waals surface area contributed by atoms with Crippen molar-refractivity contribution in [3.63, 3.8) is 0 Å². The number of sulfonamides is 1. The van der Waals surface area contributed by atoms with Crippen LogP contribution in [0.5, 0.6) is 0 Å². The molecule has 0 spiro atoms. The summed E-state index contributed by atoms with van der Waals surface area (Å²) in [5.41, 5.74) is 0.895. The van der Waals surface area contributed by atoms with Crippen LogP contribution in [0.4, 0.5) is 11.8 Å². The SMILES string of the molecule is CN(C)c1nc(NCC2CCC(CNS(=O)(=O)c3ccccc3S(C)(=O)=O)CC2)nc2ccccc12. The normalized spacial score (nSPS) is 18.8. The first kappa shape index (κ1) is 26.3. The second-order valence-electron chi connectivity index (χ2n) is 9.62. The second-order valence-corrected chi connectivity index (χ2v) is 13.3. The van der Waals surface area contributed by atoms with Crippen LogP contribution in [0.1, 0.15) is 25.7 Å². The van der Waals surface area contributed by atoms with E-state index in [2.05, 4.69) is 15.0 Å². The highest BCUT2D eigenvalue weighted by Crippen LogP contribution is 2.30. The standard InChI is InChI=1S/C25H33N5O4S2/c1-30(2)24-20-8-4-5-9-21(20)28-25(29-24)26-16-18-12-14-19(15-13-18)17-27-36(33,34)23-11-7-6-10-22(23)35(3,31)32/h4-11,18-19,27H,12-17H2,1-3H3,(H,26,28,29). The Bertz CT molecular complexity index is 1430. The van der Waals surface area contributed by atoms with Crippen molar-refractivity contribution in [1.82, 2.24) is 14.7 Å². The fourth-order valence-electron chi connectivity index (χ4n) is 4.64. The first-order chi connectivity index (χ1) is 17.0. The molecule has 0 amide bonds. The molecule has 4 rings (SSSR count). The molecular formula is C25H33N5O4S2. The zero-order valence-electron chi connectivity index (χ0n) is 20.8. The third kappa shape index (κ3) is 6.13. The summed E-state index contributed by atoms with van der Waals surface area (Å²) >= 11 is 0. The molecule has 1 heterocycles. The molecule has 1 fully saturated rings. The molecular weight excluding hydrogens is 498 g/mol. The lowest BCUT2D eigenvalue weighted by Crippen LogP contribution is -2.33. The Balaban J connectivity index is 1.32. The van der Waals surface area contributed by atoms with E-state index in [9.17, 15) is 16.8 Å². The monoisotopic (exact) mass is 531 g/mol. The van der Waals surface area contributed by atoms with Gasteiger partial charge in [0.1, 0.15) is 10.7 Å². The molecule has 2 N–H and O–H groups in total. The topological polar surface area (TPSA) is 121 Å². The molecule has 1 aliphatic rings. The van der Waals surface area contributed by atoms with Crippen molar-refractivity contribution in [2.24, 2.45) is 11.8 Å². The van der Waals surface area contributed by atoms with E-state index >= 15 is 0 Å². The number of aromatic nitrogens is 2. The first-order valence-electron chi connectivity index (χ1n) is 12.0. The van der Waals surface area contributed by atoms with Gasteiger partial charge in [0.2, 0.25) is 16.0 Å². The average Bonchev–Trinajstić information content (AvgIpc) is 2.86. The zero-order chi connectivity index (χ0) is 25.9. The summed E-state index contributed by atoms with van der Waals surface area (Å²) in [5.74, 6) is 2.13. The van der Waals surface area contributed by atoms with Gasteiger partial charge in [0.15, 0.2) is 9.84 Å². The van der Waals surface area contributed by atoms with Crippen molar-refractivity contribution in [2.45, 2.75) is 35.5 Å². The van der Waals surface area contributed by atoms with E-state index in [-0.39, 0.29) is 15.7 Å². The number of hydrogen-bond acceptors (Lipinski definition) is 8. The first-order valence-corrected chi connectivity index (χ1v) is 15.4. The molecule has 1 aromatic heterocycles. The van der Waals surface area contributed by atoms with E-state index < -0.39 is 19.9 Å². The number of fused-ring (bicyclic) bond motifs is 1. The van der Waals surface area contributed by atoms with E-state index in [1.165, 1.54) is 24.3 Å². The summed E-state index contributed by atoms with van der Waals surface area (Å²) in [6.07, 6.45) is 4.73. The summed E-state index contributed by atoms with van der Waals surface area (Å²) in [6, 6.07) is 13.7. The number of para-hydroxylation sites is 1. The van der Waals surface area contributed by atoms with Crippen LogP contribution in [-0.2, 0) is 19.9 Å². The maximum absolute atomic E-state index is 12.8. The lowest BCUT2D eigenvalue weighted by Gasteiger charge is -2.29. The summed E-state index contributed by atoms with van der Waals surface area (Å²) in [5, 5.41) is 4.41. The highest BCUT2D eigenvalue weighted by Gasteiger charge is 2.26. The molecule has 194 valence electrons. The van der Waals surface area contributed by atoms with E-state index in [0.717, 1.165) is 55.2 Å². The van der Waals surface area contributed by atoms with Crippen LogP contribution in [0.3, 0.4) is 0 Å². The number of nitrogens with zero attached hydrogens (tertiary/aromatic N) is 3. The molecule has 1 aliphatic carbocycles. The van der Waals surface area contributed by atoms with E-state index in [1.807, 2.05) is 43.3 Å². The lowest BCUT2D eigenvalue weighted by atomic mass is 9.82. The Morgan fingerprint density at radius 2 is 1.42 bits per heavy atom. The van der Waals surface area contributed by atoms with Crippen LogP contribution in [0.15, 0.2) is 58.3 Å². The van der Waals surface area contributed by atoms with Crippen LogP contribution in [0.25, 0.3) is 10.9 Å². The number of anilines is 2. The summed E-state index contributed by atoms with van der Waals surface area (Å²) in [7, 11) is -3.65. The second kappa shape index (κ2) is 10.7. The maximum atomic E-state index is 12.8. The van der Waals surface area contributed by atoms with Gasteiger partial charge in [0.05, 0.1) is 10.4 Å². The van der Waals surface area contributed by atoms with Crippen molar-refractivity contribution in [3.8, 4) is 0 Å². The Hall–Kier alpha value is -2.76. The highest BCUT2D eigenvalue weighted by molar-refractivity contribution is 7.93. The Morgan fingerprint density at radius 1 is 0.833 bits per heavy atom. The van der Waals surface area contributed by atoms with Gasteiger partial charge in [-0.25, -0.2) is 26.5 Å². The summed E-state index contributed by atoms with van der Waals surface area (Å²) < 4.78 is 52.3. The third-order valence-corrected chi connectivity index (χ3v) is 9.39. The quantitative estimate of drug-likeness (QED) is 0.431. The van der Waals surface area contributed by atoms with Crippen LogP contribution < -0.4 is 14.9 Å². The number of sulfone groups is 1. The van der Waals surface area contributed by atoms with Crippen LogP contribution in [0.2, 0.25) is 0 Å².